The van der Waals surface area contributed by atoms with Crippen molar-refractivity contribution in [3.05, 3.63) is 22.7 Å². The van der Waals surface area contributed by atoms with Crippen molar-refractivity contribution in [1.82, 2.24) is 20.2 Å². The van der Waals surface area contributed by atoms with Crippen LogP contribution >= 0.6 is 11.6 Å². The minimum Gasteiger partial charge on any atom is -0.482 e. The van der Waals surface area contributed by atoms with Crippen LogP contribution in [-0.2, 0) is 11.8 Å². The first-order chi connectivity index (χ1) is 12.1. The third-order valence-electron chi connectivity index (χ3n) is 2.89. The first kappa shape index (κ1) is 19.4. The number of carbonyl (C=O) groups excluding carboxylic acids is 2. The van der Waals surface area contributed by atoms with Crippen molar-refractivity contribution in [3.63, 3.8) is 0 Å². The number of benzene rings is 1. The molecule has 26 heavy (non-hydrogen) atoms. The number of tetrazole rings is 1. The third-order valence-corrected chi connectivity index (χ3v) is 3.28. The van der Waals surface area contributed by atoms with Crippen molar-refractivity contribution in [2.45, 2.75) is 13.1 Å². The van der Waals surface area contributed by atoms with Crippen molar-refractivity contribution in [2.24, 2.45) is 7.05 Å². The van der Waals surface area contributed by atoms with Crippen molar-refractivity contribution in [3.8, 4) is 5.75 Å². The van der Waals surface area contributed by atoms with E-state index >= 15 is 0 Å². The molecular weight excluding hydrogens is 381 g/mol. The molecule has 0 aliphatic rings. The maximum absolute atomic E-state index is 12.4. The van der Waals surface area contributed by atoms with Gasteiger partial charge in [-0.25, -0.2) is 4.68 Å². The highest BCUT2D eigenvalue weighted by atomic mass is 35.5. The predicted molar refractivity (Wildman–Crippen MR) is 84.1 cm³/mol. The van der Waals surface area contributed by atoms with Crippen LogP contribution < -0.4 is 15.4 Å². The number of halogens is 4. The van der Waals surface area contributed by atoms with Crippen molar-refractivity contribution in [2.75, 3.05) is 17.2 Å². The standard InChI is InChI=1S/C13H12ClF3N6O3/c1-6(24)18-10-8(26-5-13(15,16)17)4-3-7(9(10)14)11(25)19-12-20-21-22-23(12)2/h3-4H,5H2,1-2H3,(H,18,24)(H,19,20,22,25). The van der Waals surface area contributed by atoms with Gasteiger partial charge in [-0.1, -0.05) is 16.7 Å². The fourth-order valence-corrected chi connectivity index (χ4v) is 2.10. The van der Waals surface area contributed by atoms with Gasteiger partial charge in [0.2, 0.25) is 11.9 Å². The van der Waals surface area contributed by atoms with E-state index in [1.807, 2.05) is 0 Å². The van der Waals surface area contributed by atoms with Crippen LogP contribution in [0.2, 0.25) is 5.02 Å². The zero-order valence-electron chi connectivity index (χ0n) is 13.4. The van der Waals surface area contributed by atoms with Gasteiger partial charge in [-0.05, 0) is 22.6 Å². The number of aryl methyl sites for hydroxylation is 1. The maximum atomic E-state index is 12.4. The van der Waals surface area contributed by atoms with Crippen LogP contribution in [0.15, 0.2) is 12.1 Å². The molecule has 0 bridgehead atoms. The summed E-state index contributed by atoms with van der Waals surface area (Å²) in [7, 11) is 1.48. The molecular formula is C13H12ClF3N6O3. The number of rotatable bonds is 5. The lowest BCUT2D eigenvalue weighted by molar-refractivity contribution is -0.153. The molecule has 13 heteroatoms. The highest BCUT2D eigenvalue weighted by Crippen LogP contribution is 2.36. The first-order valence-corrected chi connectivity index (χ1v) is 7.29. The molecule has 1 aromatic carbocycles. The third kappa shape index (κ3) is 4.81. The second-order valence-corrected chi connectivity index (χ2v) is 5.34. The number of hydrogen-bond acceptors (Lipinski definition) is 6. The predicted octanol–water partition coefficient (Wildman–Crippen LogP) is 2.02. The summed E-state index contributed by atoms with van der Waals surface area (Å²) in [6.45, 7) is -0.464. The Morgan fingerprint density at radius 3 is 2.54 bits per heavy atom. The number of alkyl halides is 3. The Morgan fingerprint density at radius 2 is 2.00 bits per heavy atom. The summed E-state index contributed by atoms with van der Waals surface area (Å²) in [6, 6.07) is 2.24. The van der Waals surface area contributed by atoms with Gasteiger partial charge in [0, 0.05) is 14.0 Å². The van der Waals surface area contributed by atoms with Gasteiger partial charge < -0.3 is 10.1 Å². The average Bonchev–Trinajstić information content (AvgIpc) is 2.91. The number of ether oxygens (including phenoxy) is 1. The summed E-state index contributed by atoms with van der Waals surface area (Å²) < 4.78 is 42.9. The van der Waals surface area contributed by atoms with E-state index in [0.29, 0.717) is 0 Å². The fourth-order valence-electron chi connectivity index (χ4n) is 1.81. The zero-order chi connectivity index (χ0) is 19.5. The van der Waals surface area contributed by atoms with E-state index in [0.717, 1.165) is 19.1 Å². The Balaban J connectivity index is 2.34. The molecule has 0 saturated heterocycles. The summed E-state index contributed by atoms with van der Waals surface area (Å²) in [6.07, 6.45) is -4.59. The van der Waals surface area contributed by atoms with E-state index in [-0.39, 0.29) is 28.0 Å². The molecule has 0 atom stereocenters. The number of carbonyl (C=O) groups is 2. The molecule has 2 amide bonds. The lowest BCUT2D eigenvalue weighted by atomic mass is 10.1. The van der Waals surface area contributed by atoms with Crippen molar-refractivity contribution in [1.29, 1.82) is 0 Å². The number of hydrogen-bond donors (Lipinski definition) is 2. The summed E-state index contributed by atoms with van der Waals surface area (Å²) in [4.78, 5) is 23.6. The second-order valence-electron chi connectivity index (χ2n) is 4.97. The summed E-state index contributed by atoms with van der Waals surface area (Å²) in [5, 5.41) is 14.8. The topological polar surface area (TPSA) is 111 Å². The highest BCUT2D eigenvalue weighted by Gasteiger charge is 2.29. The molecule has 0 spiro atoms. The van der Waals surface area contributed by atoms with E-state index in [2.05, 4.69) is 30.9 Å². The molecule has 1 aromatic heterocycles. The van der Waals surface area contributed by atoms with Gasteiger partial charge in [0.15, 0.2) is 6.61 Å². The quantitative estimate of drug-likeness (QED) is 0.805. The molecule has 1 heterocycles. The number of nitrogens with zero attached hydrogens (tertiary/aromatic N) is 4. The Morgan fingerprint density at radius 1 is 1.31 bits per heavy atom. The summed E-state index contributed by atoms with van der Waals surface area (Å²) in [5.41, 5.74) is -0.384. The molecule has 0 aliphatic carbocycles. The lowest BCUT2D eigenvalue weighted by Gasteiger charge is -2.16. The minimum absolute atomic E-state index is 0.0181. The van der Waals surface area contributed by atoms with E-state index in [9.17, 15) is 22.8 Å². The van der Waals surface area contributed by atoms with Gasteiger partial charge in [0.1, 0.15) is 11.4 Å². The number of aromatic nitrogens is 4. The summed E-state index contributed by atoms with van der Waals surface area (Å²) in [5.74, 6) is -1.66. The van der Waals surface area contributed by atoms with Crippen LogP contribution in [0.5, 0.6) is 5.75 Å². The van der Waals surface area contributed by atoms with Crippen LogP contribution in [0.4, 0.5) is 24.8 Å². The Bertz CT molecular complexity index is 839. The van der Waals surface area contributed by atoms with Gasteiger partial charge in [0.25, 0.3) is 5.91 Å². The molecule has 9 nitrogen and oxygen atoms in total. The van der Waals surface area contributed by atoms with Crippen molar-refractivity contribution < 1.29 is 27.5 Å². The Kier molecular flexibility index (Phi) is 5.65. The molecule has 0 unspecified atom stereocenters. The Hall–Kier alpha value is -2.89. The van der Waals surface area contributed by atoms with Gasteiger partial charge in [-0.2, -0.15) is 13.2 Å². The van der Waals surface area contributed by atoms with Crippen LogP contribution in [0.3, 0.4) is 0 Å². The van der Waals surface area contributed by atoms with E-state index < -0.39 is 24.6 Å². The Labute approximate surface area is 149 Å². The number of anilines is 2. The molecule has 2 aromatic rings. The molecule has 0 saturated carbocycles. The fraction of sp³-hybridized carbons (Fsp3) is 0.308. The van der Waals surface area contributed by atoms with E-state index in [1.165, 1.54) is 11.7 Å². The SMILES string of the molecule is CC(=O)Nc1c(OCC(F)(F)F)ccc(C(=O)Nc2nnnn2C)c1Cl. The first-order valence-electron chi connectivity index (χ1n) is 6.92. The van der Waals surface area contributed by atoms with Gasteiger partial charge in [0.05, 0.1) is 10.6 Å². The molecule has 2 N–H and O–H groups in total. The molecule has 0 radical (unpaired) electrons. The van der Waals surface area contributed by atoms with E-state index in [1.54, 1.807) is 0 Å². The molecule has 0 fully saturated rings. The molecule has 140 valence electrons. The zero-order valence-corrected chi connectivity index (χ0v) is 14.1. The summed E-state index contributed by atoms with van der Waals surface area (Å²) >= 11 is 6.09. The van der Waals surface area contributed by atoms with Crippen LogP contribution in [0.1, 0.15) is 17.3 Å². The highest BCUT2D eigenvalue weighted by molar-refractivity contribution is 6.37. The van der Waals surface area contributed by atoms with Gasteiger partial charge >= 0.3 is 6.18 Å². The van der Waals surface area contributed by atoms with Crippen LogP contribution in [0.25, 0.3) is 0 Å². The maximum Gasteiger partial charge on any atom is 0.422 e. The average molecular weight is 393 g/mol. The van der Waals surface area contributed by atoms with Crippen molar-refractivity contribution >= 4 is 35.1 Å². The minimum atomic E-state index is -4.59. The number of amides is 2. The largest absolute Gasteiger partial charge is 0.482 e. The van der Waals surface area contributed by atoms with Crippen LogP contribution in [0, 0.1) is 0 Å². The molecule has 0 aliphatic heterocycles. The monoisotopic (exact) mass is 392 g/mol. The number of nitrogens with one attached hydrogen (secondary N) is 2. The van der Waals surface area contributed by atoms with Gasteiger partial charge in [-0.15, -0.1) is 0 Å². The van der Waals surface area contributed by atoms with Gasteiger partial charge in [-0.3, -0.25) is 14.9 Å². The lowest BCUT2D eigenvalue weighted by Crippen LogP contribution is -2.21. The van der Waals surface area contributed by atoms with Crippen LogP contribution in [-0.4, -0.2) is 44.8 Å². The normalized spacial score (nSPS) is 11.2. The van der Waals surface area contributed by atoms with E-state index in [4.69, 9.17) is 11.6 Å². The molecule has 2 rings (SSSR count). The smallest absolute Gasteiger partial charge is 0.422 e. The second kappa shape index (κ2) is 7.56.